The van der Waals surface area contributed by atoms with E-state index in [1.54, 1.807) is 43.3 Å². The molecule has 2 rings (SSSR count). The highest BCUT2D eigenvalue weighted by atomic mass is 19.1. The maximum absolute atomic E-state index is 12.7. The van der Waals surface area contributed by atoms with E-state index in [2.05, 4.69) is 17.2 Å². The third-order valence-corrected chi connectivity index (χ3v) is 2.57. The van der Waals surface area contributed by atoms with E-state index in [0.717, 1.165) is 0 Å². The summed E-state index contributed by atoms with van der Waals surface area (Å²) >= 11 is 0. The van der Waals surface area contributed by atoms with Gasteiger partial charge >= 0.3 is 6.09 Å². The summed E-state index contributed by atoms with van der Waals surface area (Å²) < 4.78 is 17.8. The molecule has 0 saturated heterocycles. The summed E-state index contributed by atoms with van der Waals surface area (Å²) in [5, 5.41) is 2.60. The zero-order valence-corrected chi connectivity index (χ0v) is 11.5. The number of halogens is 1. The number of rotatable bonds is 2. The van der Waals surface area contributed by atoms with Crippen molar-refractivity contribution >= 4 is 6.09 Å². The molecular formula is C17H14FNO2. The molecule has 1 atom stereocenters. The van der Waals surface area contributed by atoms with Crippen molar-refractivity contribution in [1.82, 2.24) is 5.32 Å². The summed E-state index contributed by atoms with van der Waals surface area (Å²) in [4.78, 5) is 11.6. The Morgan fingerprint density at radius 3 is 2.48 bits per heavy atom. The van der Waals surface area contributed by atoms with E-state index in [9.17, 15) is 9.18 Å². The van der Waals surface area contributed by atoms with Gasteiger partial charge in [0.05, 0.1) is 6.04 Å². The van der Waals surface area contributed by atoms with Crippen LogP contribution < -0.4 is 10.1 Å². The Hall–Kier alpha value is -2.80. The molecule has 0 heterocycles. The van der Waals surface area contributed by atoms with E-state index in [0.29, 0.717) is 11.3 Å². The highest BCUT2D eigenvalue weighted by Gasteiger charge is 2.06. The fraction of sp³-hybridized carbons (Fsp3) is 0.118. The van der Waals surface area contributed by atoms with Crippen LogP contribution in [0.3, 0.4) is 0 Å². The first-order valence-electron chi connectivity index (χ1n) is 6.44. The van der Waals surface area contributed by atoms with Gasteiger partial charge in [-0.05, 0) is 43.3 Å². The van der Waals surface area contributed by atoms with E-state index >= 15 is 0 Å². The molecule has 0 saturated carbocycles. The number of ether oxygens (including phenoxy) is 1. The van der Waals surface area contributed by atoms with Crippen molar-refractivity contribution in [3.05, 3.63) is 66.0 Å². The smallest absolute Gasteiger partial charge is 0.410 e. The lowest BCUT2D eigenvalue weighted by Crippen LogP contribution is -2.33. The maximum Gasteiger partial charge on any atom is 0.413 e. The first-order chi connectivity index (χ1) is 10.1. The van der Waals surface area contributed by atoms with Crippen LogP contribution in [-0.2, 0) is 0 Å². The van der Waals surface area contributed by atoms with Gasteiger partial charge in [0.15, 0.2) is 0 Å². The average Bonchev–Trinajstić information content (AvgIpc) is 2.47. The number of nitrogens with one attached hydrogen (secondary N) is 1. The molecule has 0 fully saturated rings. The van der Waals surface area contributed by atoms with Gasteiger partial charge in [-0.25, -0.2) is 9.18 Å². The predicted octanol–water partition coefficient (Wildman–Crippen LogP) is 3.35. The van der Waals surface area contributed by atoms with Gasteiger partial charge in [0.25, 0.3) is 0 Å². The molecule has 1 unspecified atom stereocenters. The van der Waals surface area contributed by atoms with Crippen LogP contribution in [-0.4, -0.2) is 12.1 Å². The molecule has 0 aromatic heterocycles. The monoisotopic (exact) mass is 283 g/mol. The molecule has 2 aromatic carbocycles. The van der Waals surface area contributed by atoms with Gasteiger partial charge in [0.1, 0.15) is 11.6 Å². The number of carbonyl (C=O) groups excluding carboxylic acids is 1. The van der Waals surface area contributed by atoms with Gasteiger partial charge in [-0.15, -0.1) is 0 Å². The molecule has 21 heavy (non-hydrogen) atoms. The van der Waals surface area contributed by atoms with E-state index < -0.39 is 6.09 Å². The van der Waals surface area contributed by atoms with Crippen molar-refractivity contribution in [3.63, 3.8) is 0 Å². The number of amides is 1. The Morgan fingerprint density at radius 2 is 1.81 bits per heavy atom. The van der Waals surface area contributed by atoms with Crippen LogP contribution in [0, 0.1) is 17.7 Å². The number of para-hydroxylation sites is 1. The topological polar surface area (TPSA) is 38.3 Å². The van der Waals surface area contributed by atoms with E-state index in [4.69, 9.17) is 4.74 Å². The van der Waals surface area contributed by atoms with E-state index in [1.807, 2.05) is 6.07 Å². The fourth-order valence-electron chi connectivity index (χ4n) is 1.56. The molecule has 0 aliphatic heterocycles. The van der Waals surface area contributed by atoms with Crippen LogP contribution in [0.1, 0.15) is 12.5 Å². The third kappa shape index (κ3) is 5.00. The van der Waals surface area contributed by atoms with Crippen LogP contribution in [0.2, 0.25) is 0 Å². The predicted molar refractivity (Wildman–Crippen MR) is 78.3 cm³/mol. The quantitative estimate of drug-likeness (QED) is 0.858. The molecule has 3 nitrogen and oxygen atoms in total. The number of hydrogen-bond acceptors (Lipinski definition) is 2. The third-order valence-electron chi connectivity index (χ3n) is 2.57. The molecule has 0 spiro atoms. The molecule has 0 aliphatic rings. The summed E-state index contributed by atoms with van der Waals surface area (Å²) in [6.07, 6.45) is -0.567. The van der Waals surface area contributed by atoms with Crippen LogP contribution in [0.15, 0.2) is 54.6 Å². The summed E-state index contributed by atoms with van der Waals surface area (Å²) in [7, 11) is 0. The molecule has 1 amide bonds. The van der Waals surface area contributed by atoms with Crippen molar-refractivity contribution in [2.24, 2.45) is 0 Å². The number of hydrogen-bond donors (Lipinski definition) is 1. The van der Waals surface area contributed by atoms with Gasteiger partial charge in [-0.2, -0.15) is 0 Å². The first-order valence-corrected chi connectivity index (χ1v) is 6.44. The highest BCUT2D eigenvalue weighted by molar-refractivity contribution is 5.71. The minimum absolute atomic E-state index is 0.307. The van der Waals surface area contributed by atoms with Crippen molar-refractivity contribution in [2.75, 3.05) is 0 Å². The molecular weight excluding hydrogens is 269 g/mol. The Bertz CT molecular complexity index is 657. The zero-order chi connectivity index (χ0) is 15.1. The second-order valence-electron chi connectivity index (χ2n) is 4.34. The summed E-state index contributed by atoms with van der Waals surface area (Å²) in [6.45, 7) is 1.74. The maximum atomic E-state index is 12.7. The minimum Gasteiger partial charge on any atom is -0.410 e. The molecule has 0 bridgehead atoms. The van der Waals surface area contributed by atoms with Crippen LogP contribution in [0.25, 0.3) is 0 Å². The van der Waals surface area contributed by atoms with Gasteiger partial charge in [0, 0.05) is 5.56 Å². The first kappa shape index (κ1) is 14.6. The van der Waals surface area contributed by atoms with Gasteiger partial charge in [0.2, 0.25) is 0 Å². The number of carbonyl (C=O) groups is 1. The zero-order valence-electron chi connectivity index (χ0n) is 11.5. The van der Waals surface area contributed by atoms with Gasteiger partial charge in [-0.3, -0.25) is 0 Å². The second kappa shape index (κ2) is 7.11. The summed E-state index contributed by atoms with van der Waals surface area (Å²) in [5.74, 6) is 5.86. The Labute approximate surface area is 122 Å². The van der Waals surface area contributed by atoms with E-state index in [1.165, 1.54) is 12.1 Å². The normalized spacial score (nSPS) is 11.0. The fourth-order valence-corrected chi connectivity index (χ4v) is 1.56. The van der Waals surface area contributed by atoms with Crippen molar-refractivity contribution in [2.45, 2.75) is 13.0 Å². The lowest BCUT2D eigenvalue weighted by molar-refractivity contribution is 0.199. The summed E-state index contributed by atoms with van der Waals surface area (Å²) in [5.41, 5.74) is 0.682. The number of benzene rings is 2. The van der Waals surface area contributed by atoms with Crippen LogP contribution in [0.4, 0.5) is 9.18 Å². The lowest BCUT2D eigenvalue weighted by atomic mass is 10.2. The Kier molecular flexibility index (Phi) is 4.94. The second-order valence-corrected chi connectivity index (χ2v) is 4.34. The van der Waals surface area contributed by atoms with E-state index in [-0.39, 0.29) is 11.9 Å². The SMILES string of the molecule is CC(C#Cc1ccc(F)cc1)NC(=O)Oc1ccccc1. The molecule has 0 aliphatic carbocycles. The molecule has 0 radical (unpaired) electrons. The largest absolute Gasteiger partial charge is 0.413 e. The van der Waals surface area contributed by atoms with Crippen molar-refractivity contribution in [1.29, 1.82) is 0 Å². The van der Waals surface area contributed by atoms with Gasteiger partial charge < -0.3 is 10.1 Å². The molecule has 2 aromatic rings. The Balaban J connectivity index is 1.88. The molecule has 4 heteroatoms. The Morgan fingerprint density at radius 1 is 1.14 bits per heavy atom. The highest BCUT2D eigenvalue weighted by Crippen LogP contribution is 2.08. The molecule has 106 valence electrons. The average molecular weight is 283 g/mol. The van der Waals surface area contributed by atoms with Crippen molar-refractivity contribution in [3.8, 4) is 17.6 Å². The summed E-state index contributed by atoms with van der Waals surface area (Å²) in [6, 6.07) is 14.2. The van der Waals surface area contributed by atoms with Crippen LogP contribution >= 0.6 is 0 Å². The van der Waals surface area contributed by atoms with Crippen molar-refractivity contribution < 1.29 is 13.9 Å². The van der Waals surface area contributed by atoms with Gasteiger partial charge in [-0.1, -0.05) is 30.0 Å². The van der Waals surface area contributed by atoms with Crippen LogP contribution in [0.5, 0.6) is 5.75 Å². The lowest BCUT2D eigenvalue weighted by Gasteiger charge is -2.08. The minimum atomic E-state index is -0.567. The standard InChI is InChI=1S/C17H14FNO2/c1-13(7-8-14-9-11-15(18)12-10-14)19-17(20)21-16-5-3-2-4-6-16/h2-6,9-13H,1H3,(H,19,20). The molecule has 1 N–H and O–H groups in total.